The van der Waals surface area contributed by atoms with Gasteiger partial charge in [-0.3, -0.25) is 0 Å². The van der Waals surface area contributed by atoms with Crippen LogP contribution in [0.3, 0.4) is 0 Å². The van der Waals surface area contributed by atoms with Crippen LogP contribution in [0.2, 0.25) is 0 Å². The number of methoxy groups -OCH3 is 3. The molecule has 0 N–H and O–H groups in total. The van der Waals surface area contributed by atoms with E-state index < -0.39 is 5.97 Å². The maximum atomic E-state index is 12.2. The number of hydrogen-bond acceptors (Lipinski definition) is 5. The van der Waals surface area contributed by atoms with Crippen LogP contribution >= 0.6 is 0 Å². The lowest BCUT2D eigenvalue weighted by molar-refractivity contribution is -0.130. The third-order valence-corrected chi connectivity index (χ3v) is 3.84. The van der Waals surface area contributed by atoms with Crippen molar-refractivity contribution in [1.82, 2.24) is 0 Å². The van der Waals surface area contributed by atoms with Crippen molar-refractivity contribution in [3.63, 3.8) is 0 Å². The fourth-order valence-corrected chi connectivity index (χ4v) is 2.50. The zero-order valence-corrected chi connectivity index (χ0v) is 14.2. The third-order valence-electron chi connectivity index (χ3n) is 3.84. The van der Waals surface area contributed by atoms with Crippen molar-refractivity contribution in [3.8, 4) is 17.2 Å². The Balaban J connectivity index is 1.93. The van der Waals surface area contributed by atoms with Gasteiger partial charge in [0.1, 0.15) is 23.0 Å². The highest BCUT2D eigenvalue weighted by molar-refractivity contribution is 6.05. The standard InChI is InChI=1S/C20H18O5/c1-22-15-6-4-13(5-7-15)10-14-11-19(25-20(14)21)17-9-8-16(23-2)12-18(17)24-3/h4-12H,1-3H3. The lowest BCUT2D eigenvalue weighted by Gasteiger charge is -2.10. The molecular formula is C20H18O5. The Morgan fingerprint density at radius 1 is 0.880 bits per heavy atom. The second-order valence-electron chi connectivity index (χ2n) is 5.34. The summed E-state index contributed by atoms with van der Waals surface area (Å²) in [5, 5.41) is 0. The second-order valence-corrected chi connectivity index (χ2v) is 5.34. The molecule has 1 aliphatic rings. The van der Waals surface area contributed by atoms with E-state index in [0.717, 1.165) is 11.3 Å². The van der Waals surface area contributed by atoms with Crippen LogP contribution in [-0.2, 0) is 9.53 Å². The van der Waals surface area contributed by atoms with Gasteiger partial charge in [-0.2, -0.15) is 0 Å². The van der Waals surface area contributed by atoms with Gasteiger partial charge < -0.3 is 18.9 Å². The lowest BCUT2D eigenvalue weighted by atomic mass is 10.1. The Bertz CT molecular complexity index is 847. The van der Waals surface area contributed by atoms with Crippen molar-refractivity contribution in [1.29, 1.82) is 0 Å². The number of rotatable bonds is 5. The predicted molar refractivity (Wildman–Crippen MR) is 94.6 cm³/mol. The fraction of sp³-hybridized carbons (Fsp3) is 0.150. The topological polar surface area (TPSA) is 54.0 Å². The number of hydrogen-bond donors (Lipinski definition) is 0. The fourth-order valence-electron chi connectivity index (χ4n) is 2.50. The Morgan fingerprint density at radius 2 is 1.56 bits per heavy atom. The summed E-state index contributed by atoms with van der Waals surface area (Å²) < 4.78 is 21.1. The van der Waals surface area contributed by atoms with Gasteiger partial charge in [0, 0.05) is 6.07 Å². The van der Waals surface area contributed by atoms with Crippen molar-refractivity contribution in [2.75, 3.05) is 21.3 Å². The van der Waals surface area contributed by atoms with Crippen LogP contribution in [0.25, 0.3) is 11.8 Å². The first-order valence-corrected chi connectivity index (χ1v) is 7.66. The molecule has 0 fully saturated rings. The number of cyclic esters (lactones) is 1. The van der Waals surface area contributed by atoms with Gasteiger partial charge in [0.05, 0.1) is 32.5 Å². The summed E-state index contributed by atoms with van der Waals surface area (Å²) in [6, 6.07) is 12.8. The summed E-state index contributed by atoms with van der Waals surface area (Å²) in [6.07, 6.45) is 3.47. The largest absolute Gasteiger partial charge is 0.497 e. The molecule has 3 rings (SSSR count). The smallest absolute Gasteiger partial charge is 0.343 e. The molecule has 25 heavy (non-hydrogen) atoms. The summed E-state index contributed by atoms with van der Waals surface area (Å²) in [5.41, 5.74) is 2.04. The molecule has 0 unspecified atom stereocenters. The van der Waals surface area contributed by atoms with Crippen LogP contribution in [0.15, 0.2) is 54.1 Å². The van der Waals surface area contributed by atoms with E-state index >= 15 is 0 Å². The summed E-state index contributed by atoms with van der Waals surface area (Å²) in [5.74, 6) is 2.05. The van der Waals surface area contributed by atoms with E-state index in [1.807, 2.05) is 24.3 Å². The molecule has 0 saturated carbocycles. The van der Waals surface area contributed by atoms with Crippen LogP contribution in [0, 0.1) is 0 Å². The molecule has 0 saturated heterocycles. The van der Waals surface area contributed by atoms with E-state index in [4.69, 9.17) is 18.9 Å². The second kappa shape index (κ2) is 7.13. The number of ether oxygens (including phenoxy) is 4. The molecular weight excluding hydrogens is 320 g/mol. The van der Waals surface area contributed by atoms with Gasteiger partial charge in [0.15, 0.2) is 0 Å². The SMILES string of the molecule is COc1ccc(C=C2C=C(c3ccc(OC)cc3OC)OC2=O)cc1. The highest BCUT2D eigenvalue weighted by Crippen LogP contribution is 2.35. The average molecular weight is 338 g/mol. The first kappa shape index (κ1) is 16.6. The summed E-state index contributed by atoms with van der Waals surface area (Å²) in [4.78, 5) is 12.2. The van der Waals surface area contributed by atoms with Crippen molar-refractivity contribution in [2.24, 2.45) is 0 Å². The molecule has 0 atom stereocenters. The van der Waals surface area contributed by atoms with E-state index in [1.54, 1.807) is 51.7 Å². The molecule has 5 nitrogen and oxygen atoms in total. The monoisotopic (exact) mass is 338 g/mol. The summed E-state index contributed by atoms with van der Waals surface area (Å²) >= 11 is 0. The van der Waals surface area contributed by atoms with Crippen LogP contribution in [0.5, 0.6) is 17.2 Å². The number of carbonyl (C=O) groups is 1. The first-order valence-electron chi connectivity index (χ1n) is 7.66. The third kappa shape index (κ3) is 3.50. The Kier molecular flexibility index (Phi) is 4.75. The van der Waals surface area contributed by atoms with Gasteiger partial charge in [-0.15, -0.1) is 0 Å². The summed E-state index contributed by atoms with van der Waals surface area (Å²) in [6.45, 7) is 0. The molecule has 0 amide bonds. The molecule has 2 aromatic rings. The molecule has 0 aliphatic carbocycles. The zero-order valence-electron chi connectivity index (χ0n) is 14.2. The van der Waals surface area contributed by atoms with E-state index in [0.29, 0.717) is 28.4 Å². The van der Waals surface area contributed by atoms with E-state index in [2.05, 4.69) is 0 Å². The van der Waals surface area contributed by atoms with Gasteiger partial charge >= 0.3 is 5.97 Å². The minimum atomic E-state index is -0.399. The minimum Gasteiger partial charge on any atom is -0.497 e. The molecule has 1 heterocycles. The van der Waals surface area contributed by atoms with E-state index in [1.165, 1.54) is 0 Å². The van der Waals surface area contributed by atoms with Gasteiger partial charge in [0.25, 0.3) is 0 Å². The predicted octanol–water partition coefficient (Wildman–Crippen LogP) is 3.69. The normalized spacial score (nSPS) is 14.9. The highest BCUT2D eigenvalue weighted by atomic mass is 16.5. The zero-order chi connectivity index (χ0) is 17.8. The Labute approximate surface area is 146 Å². The number of esters is 1. The van der Waals surface area contributed by atoms with E-state index in [9.17, 15) is 4.79 Å². The molecule has 0 bridgehead atoms. The molecule has 0 radical (unpaired) electrons. The molecule has 128 valence electrons. The van der Waals surface area contributed by atoms with E-state index in [-0.39, 0.29) is 0 Å². The van der Waals surface area contributed by atoms with Crippen LogP contribution in [0.4, 0.5) is 0 Å². The van der Waals surface area contributed by atoms with Crippen molar-refractivity contribution >= 4 is 17.8 Å². The van der Waals surface area contributed by atoms with Gasteiger partial charge in [-0.25, -0.2) is 4.79 Å². The molecule has 1 aliphatic heterocycles. The highest BCUT2D eigenvalue weighted by Gasteiger charge is 2.24. The number of benzene rings is 2. The Hall–Kier alpha value is -3.21. The lowest BCUT2D eigenvalue weighted by Crippen LogP contribution is -1.98. The quantitative estimate of drug-likeness (QED) is 0.615. The molecule has 5 heteroatoms. The summed E-state index contributed by atoms with van der Waals surface area (Å²) in [7, 11) is 4.75. The van der Waals surface area contributed by atoms with Crippen LogP contribution in [-0.4, -0.2) is 27.3 Å². The Morgan fingerprint density at radius 3 is 2.20 bits per heavy atom. The van der Waals surface area contributed by atoms with Gasteiger partial charge in [-0.1, -0.05) is 12.1 Å². The van der Waals surface area contributed by atoms with Crippen molar-refractivity contribution in [2.45, 2.75) is 0 Å². The van der Waals surface area contributed by atoms with Crippen LogP contribution < -0.4 is 14.2 Å². The average Bonchev–Trinajstić information content (AvgIpc) is 3.02. The van der Waals surface area contributed by atoms with Crippen LogP contribution in [0.1, 0.15) is 11.1 Å². The molecule has 2 aromatic carbocycles. The first-order chi connectivity index (χ1) is 12.1. The maximum absolute atomic E-state index is 12.2. The van der Waals surface area contributed by atoms with Crippen molar-refractivity contribution in [3.05, 3.63) is 65.2 Å². The molecule has 0 spiro atoms. The maximum Gasteiger partial charge on any atom is 0.343 e. The van der Waals surface area contributed by atoms with Gasteiger partial charge in [0.2, 0.25) is 0 Å². The van der Waals surface area contributed by atoms with Gasteiger partial charge in [-0.05, 0) is 42.0 Å². The number of carbonyl (C=O) groups excluding carboxylic acids is 1. The molecule has 0 aromatic heterocycles. The van der Waals surface area contributed by atoms with Crippen molar-refractivity contribution < 1.29 is 23.7 Å². The minimum absolute atomic E-state index is 0.399.